The quantitative estimate of drug-likeness (QED) is 0.776. The second-order valence-electron chi connectivity index (χ2n) is 6.25. The van der Waals surface area contributed by atoms with Crippen molar-refractivity contribution >= 4 is 6.03 Å². The Hall–Kier alpha value is -2.37. The van der Waals surface area contributed by atoms with Gasteiger partial charge in [-0.15, -0.1) is 0 Å². The second-order valence-corrected chi connectivity index (χ2v) is 6.25. The Labute approximate surface area is 150 Å². The predicted octanol–water partition coefficient (Wildman–Crippen LogP) is 2.94. The highest BCUT2D eigenvalue weighted by molar-refractivity contribution is 5.74. The highest BCUT2D eigenvalue weighted by atomic mass is 16.5. The zero-order valence-electron chi connectivity index (χ0n) is 15.2. The Kier molecular flexibility index (Phi) is 7.44. The summed E-state index contributed by atoms with van der Waals surface area (Å²) in [5, 5.41) is 6.01. The molecule has 2 rings (SSSR count). The Morgan fingerprint density at radius 1 is 1.04 bits per heavy atom. The first-order valence-electron chi connectivity index (χ1n) is 8.40. The van der Waals surface area contributed by atoms with E-state index in [2.05, 4.69) is 15.5 Å². The molecule has 134 valence electrons. The van der Waals surface area contributed by atoms with Gasteiger partial charge in [0.2, 0.25) is 0 Å². The molecule has 5 nitrogen and oxygen atoms in total. The lowest BCUT2D eigenvalue weighted by Crippen LogP contribution is -2.41. The molecule has 0 aliphatic heterocycles. The molecule has 0 spiro atoms. The molecule has 2 amide bonds. The Morgan fingerprint density at radius 3 is 2.32 bits per heavy atom. The lowest BCUT2D eigenvalue weighted by Gasteiger charge is -2.23. The van der Waals surface area contributed by atoms with Crippen LogP contribution in [0.3, 0.4) is 0 Å². The number of rotatable bonds is 8. The number of ether oxygens (including phenoxy) is 1. The van der Waals surface area contributed by atoms with Crippen LogP contribution in [0.4, 0.5) is 4.79 Å². The monoisotopic (exact) mass is 341 g/mol. The number of nitrogens with one attached hydrogen (secondary N) is 2. The molecule has 5 heteroatoms. The van der Waals surface area contributed by atoms with E-state index in [1.807, 2.05) is 68.7 Å². The molecule has 1 unspecified atom stereocenters. The van der Waals surface area contributed by atoms with Crippen LogP contribution < -0.4 is 10.6 Å². The number of urea groups is 1. The van der Waals surface area contributed by atoms with Crippen molar-refractivity contribution in [3.63, 3.8) is 0 Å². The number of methoxy groups -OCH3 is 1. The van der Waals surface area contributed by atoms with E-state index >= 15 is 0 Å². The van der Waals surface area contributed by atoms with Crippen LogP contribution in [-0.2, 0) is 17.9 Å². The summed E-state index contributed by atoms with van der Waals surface area (Å²) in [7, 11) is 5.66. The fourth-order valence-corrected chi connectivity index (χ4v) is 2.70. The van der Waals surface area contributed by atoms with Gasteiger partial charge in [-0.05, 0) is 30.8 Å². The highest BCUT2D eigenvalue weighted by Gasteiger charge is 2.15. The molecular formula is C20H27N3O2. The largest absolute Gasteiger partial charge is 0.380 e. The van der Waals surface area contributed by atoms with Crippen molar-refractivity contribution in [3.8, 4) is 0 Å². The van der Waals surface area contributed by atoms with E-state index in [0.29, 0.717) is 13.2 Å². The minimum absolute atomic E-state index is 0.0644. The van der Waals surface area contributed by atoms with Crippen LogP contribution in [0.25, 0.3) is 0 Å². The summed E-state index contributed by atoms with van der Waals surface area (Å²) in [5.41, 5.74) is 3.23. The molecule has 0 saturated heterocycles. The molecule has 2 N–H and O–H groups in total. The summed E-state index contributed by atoms with van der Waals surface area (Å²) in [6, 6.07) is 17.7. The molecule has 2 aromatic rings. The minimum Gasteiger partial charge on any atom is -0.380 e. The van der Waals surface area contributed by atoms with Crippen molar-refractivity contribution in [1.29, 1.82) is 0 Å². The lowest BCUT2D eigenvalue weighted by atomic mass is 10.1. The van der Waals surface area contributed by atoms with Crippen molar-refractivity contribution in [3.05, 3.63) is 71.3 Å². The van der Waals surface area contributed by atoms with Crippen LogP contribution in [0.1, 0.15) is 22.7 Å². The minimum atomic E-state index is -0.178. The van der Waals surface area contributed by atoms with Gasteiger partial charge in [-0.2, -0.15) is 0 Å². The van der Waals surface area contributed by atoms with E-state index in [0.717, 1.165) is 23.2 Å². The maximum absolute atomic E-state index is 12.4. The van der Waals surface area contributed by atoms with Gasteiger partial charge >= 0.3 is 6.03 Å². The van der Waals surface area contributed by atoms with Crippen molar-refractivity contribution in [2.75, 3.05) is 27.7 Å². The first kappa shape index (κ1) is 19.0. The molecule has 0 heterocycles. The number of nitrogens with zero attached hydrogens (tertiary/aromatic N) is 1. The van der Waals surface area contributed by atoms with Crippen LogP contribution >= 0.6 is 0 Å². The van der Waals surface area contributed by atoms with E-state index in [1.54, 1.807) is 7.11 Å². The van der Waals surface area contributed by atoms with E-state index < -0.39 is 0 Å². The molecule has 0 radical (unpaired) electrons. The smallest absolute Gasteiger partial charge is 0.315 e. The molecule has 1 atom stereocenters. The first-order chi connectivity index (χ1) is 12.1. The van der Waals surface area contributed by atoms with Gasteiger partial charge in [0.15, 0.2) is 0 Å². The molecule has 0 saturated carbocycles. The van der Waals surface area contributed by atoms with Crippen LogP contribution in [0.5, 0.6) is 0 Å². The summed E-state index contributed by atoms with van der Waals surface area (Å²) in [6.07, 6.45) is 0. The number of likely N-dealkylation sites (N-methyl/N-ethyl adjacent to an activating group) is 1. The lowest BCUT2D eigenvalue weighted by molar-refractivity contribution is 0.184. The van der Waals surface area contributed by atoms with E-state index in [1.165, 1.54) is 0 Å². The number of hydrogen-bond donors (Lipinski definition) is 2. The van der Waals surface area contributed by atoms with E-state index in [-0.39, 0.29) is 12.1 Å². The van der Waals surface area contributed by atoms with Gasteiger partial charge in [-0.1, -0.05) is 54.6 Å². The van der Waals surface area contributed by atoms with Crippen molar-refractivity contribution < 1.29 is 9.53 Å². The Balaban J connectivity index is 1.97. The van der Waals surface area contributed by atoms with Crippen LogP contribution in [0.2, 0.25) is 0 Å². The summed E-state index contributed by atoms with van der Waals surface area (Å²) < 4.78 is 5.21. The Morgan fingerprint density at radius 2 is 1.68 bits per heavy atom. The SMILES string of the molecule is COCc1ccccc1CNC(=O)NC(CN(C)C)c1ccccc1. The maximum Gasteiger partial charge on any atom is 0.315 e. The molecular weight excluding hydrogens is 314 g/mol. The molecule has 0 aromatic heterocycles. The standard InChI is InChI=1S/C20H27N3O2/c1-23(2)14-19(16-9-5-4-6-10-16)22-20(24)21-13-17-11-7-8-12-18(17)15-25-3/h4-12,19H,13-15H2,1-3H3,(H2,21,22,24). The normalized spacial score (nSPS) is 12.0. The number of carbonyl (C=O) groups excluding carboxylic acids is 1. The second kappa shape index (κ2) is 9.81. The Bertz CT molecular complexity index is 659. The van der Waals surface area contributed by atoms with Gasteiger partial charge in [-0.3, -0.25) is 0 Å². The molecule has 25 heavy (non-hydrogen) atoms. The van der Waals surface area contributed by atoms with Gasteiger partial charge in [0.05, 0.1) is 12.6 Å². The van der Waals surface area contributed by atoms with Crippen molar-refractivity contribution in [2.24, 2.45) is 0 Å². The van der Waals surface area contributed by atoms with Gasteiger partial charge in [0.1, 0.15) is 0 Å². The zero-order chi connectivity index (χ0) is 18.1. The van der Waals surface area contributed by atoms with Crippen molar-refractivity contribution in [2.45, 2.75) is 19.2 Å². The molecule has 0 fully saturated rings. The third kappa shape index (κ3) is 6.21. The topological polar surface area (TPSA) is 53.6 Å². The molecule has 0 bridgehead atoms. The van der Waals surface area contributed by atoms with Crippen molar-refractivity contribution in [1.82, 2.24) is 15.5 Å². The van der Waals surface area contributed by atoms with Gasteiger partial charge < -0.3 is 20.3 Å². The molecule has 2 aromatic carbocycles. The fraction of sp³-hybridized carbons (Fsp3) is 0.350. The van der Waals surface area contributed by atoms with Crippen LogP contribution in [0.15, 0.2) is 54.6 Å². The van der Waals surface area contributed by atoms with Gasteiger partial charge in [0, 0.05) is 20.2 Å². The van der Waals surface area contributed by atoms with E-state index in [9.17, 15) is 4.79 Å². The zero-order valence-corrected chi connectivity index (χ0v) is 15.2. The van der Waals surface area contributed by atoms with Crippen LogP contribution in [0, 0.1) is 0 Å². The number of carbonyl (C=O) groups is 1. The number of benzene rings is 2. The third-order valence-corrected chi connectivity index (χ3v) is 3.91. The summed E-state index contributed by atoms with van der Waals surface area (Å²) in [4.78, 5) is 14.4. The summed E-state index contributed by atoms with van der Waals surface area (Å²) in [5.74, 6) is 0. The van der Waals surface area contributed by atoms with Gasteiger partial charge in [-0.25, -0.2) is 4.79 Å². The molecule has 0 aliphatic carbocycles. The number of hydrogen-bond acceptors (Lipinski definition) is 3. The number of amides is 2. The maximum atomic E-state index is 12.4. The third-order valence-electron chi connectivity index (χ3n) is 3.91. The first-order valence-corrected chi connectivity index (χ1v) is 8.40. The predicted molar refractivity (Wildman–Crippen MR) is 100 cm³/mol. The fourth-order valence-electron chi connectivity index (χ4n) is 2.70. The molecule has 0 aliphatic rings. The van der Waals surface area contributed by atoms with E-state index in [4.69, 9.17) is 4.74 Å². The average molecular weight is 341 g/mol. The highest BCUT2D eigenvalue weighted by Crippen LogP contribution is 2.13. The average Bonchev–Trinajstić information content (AvgIpc) is 2.61. The summed E-state index contributed by atoms with van der Waals surface area (Å²) >= 11 is 0. The summed E-state index contributed by atoms with van der Waals surface area (Å²) in [6.45, 7) is 1.74. The van der Waals surface area contributed by atoms with Gasteiger partial charge in [0.25, 0.3) is 0 Å². The van der Waals surface area contributed by atoms with Crippen LogP contribution in [-0.4, -0.2) is 38.7 Å².